The highest BCUT2D eigenvalue weighted by Crippen LogP contribution is 2.28. The number of piperidine rings is 1. The minimum atomic E-state index is -1.23. The number of β-amino-alcohol motifs (C(OH)–C–C–N with tert-alkyl or cyclic N) is 1. The Kier molecular flexibility index (Phi) is 5.07. The number of hydrogen-bond acceptors (Lipinski definition) is 5. The van der Waals surface area contributed by atoms with Crippen LogP contribution in [-0.2, 0) is 0 Å². The third kappa shape index (κ3) is 4.14. The number of ether oxygens (including phenoxy) is 1. The molecule has 0 unspecified atom stereocenters. The summed E-state index contributed by atoms with van der Waals surface area (Å²) in [5.41, 5.74) is -0.327. The van der Waals surface area contributed by atoms with Crippen LogP contribution in [0.4, 0.5) is 4.39 Å². The van der Waals surface area contributed by atoms with E-state index in [0.717, 1.165) is 0 Å². The Labute approximate surface area is 167 Å². The lowest BCUT2D eigenvalue weighted by atomic mass is 9.91. The van der Waals surface area contributed by atoms with Crippen LogP contribution < -0.4 is 4.74 Å². The molecule has 0 bridgehead atoms. The monoisotopic (exact) mass is 396 g/mol. The lowest BCUT2D eigenvalue weighted by Gasteiger charge is -2.42. The molecule has 1 aliphatic rings. The Morgan fingerprint density at radius 1 is 1.24 bits per heavy atom. The van der Waals surface area contributed by atoms with Gasteiger partial charge in [-0.3, -0.25) is 4.79 Å². The summed E-state index contributed by atoms with van der Waals surface area (Å²) in [6.45, 7) is 2.15. The van der Waals surface area contributed by atoms with Crippen molar-refractivity contribution < 1.29 is 23.6 Å². The minimum absolute atomic E-state index is 0.0440. The van der Waals surface area contributed by atoms with E-state index < -0.39 is 17.5 Å². The second-order valence-electron chi connectivity index (χ2n) is 7.38. The van der Waals surface area contributed by atoms with Gasteiger partial charge < -0.3 is 19.3 Å². The average Bonchev–Trinajstić information content (AvgIpc) is 3.20. The molecule has 1 N–H and O–H groups in total. The van der Waals surface area contributed by atoms with Gasteiger partial charge in [-0.05, 0) is 31.2 Å². The Hall–Kier alpha value is -3.19. The number of aromatic nitrogens is 1. The number of para-hydroxylation sites is 1. The summed E-state index contributed by atoms with van der Waals surface area (Å²) in [6.07, 6.45) is 0.0324. The normalized spacial score (nSPS) is 21.8. The van der Waals surface area contributed by atoms with Crippen molar-refractivity contribution in [1.29, 1.82) is 0 Å². The molecule has 2 heterocycles. The number of rotatable bonds is 4. The van der Waals surface area contributed by atoms with Gasteiger partial charge in [0.1, 0.15) is 29.0 Å². The third-order valence-electron chi connectivity index (χ3n) is 5.02. The first kappa shape index (κ1) is 19.1. The largest absolute Gasteiger partial charge is 0.487 e. The fourth-order valence-electron chi connectivity index (χ4n) is 3.49. The predicted molar refractivity (Wildman–Crippen MR) is 104 cm³/mol. The highest BCUT2D eigenvalue weighted by atomic mass is 19.1. The highest BCUT2D eigenvalue weighted by Gasteiger charge is 2.42. The van der Waals surface area contributed by atoms with Gasteiger partial charge in [-0.2, -0.15) is 0 Å². The van der Waals surface area contributed by atoms with E-state index in [-0.39, 0.29) is 18.2 Å². The Morgan fingerprint density at radius 2 is 2.03 bits per heavy atom. The van der Waals surface area contributed by atoms with Gasteiger partial charge in [-0.15, -0.1) is 0 Å². The first-order chi connectivity index (χ1) is 13.9. The van der Waals surface area contributed by atoms with Crippen molar-refractivity contribution in [3.05, 3.63) is 72.2 Å². The summed E-state index contributed by atoms with van der Waals surface area (Å²) in [5.74, 6) is -0.0523. The van der Waals surface area contributed by atoms with Gasteiger partial charge >= 0.3 is 0 Å². The Morgan fingerprint density at radius 3 is 2.76 bits per heavy atom. The number of nitrogens with zero attached hydrogens (tertiary/aromatic N) is 2. The maximum absolute atomic E-state index is 13.4. The Balaban J connectivity index is 1.45. The molecule has 0 aliphatic carbocycles. The molecule has 1 aromatic heterocycles. The quantitative estimate of drug-likeness (QED) is 0.730. The maximum atomic E-state index is 13.4. The standard InChI is InChI=1S/C22H21FN2O4/c1-22(27)14-25(11-10-20(22)28-17-8-3-2-4-9-17)21(26)19-13-18(24-29-19)15-6-5-7-16(23)12-15/h2-9,12-13,20,27H,10-11,14H2,1H3/t20-,22-/m0/s1. The molecule has 6 nitrogen and oxygen atoms in total. The van der Waals surface area contributed by atoms with E-state index in [1.807, 2.05) is 30.3 Å². The van der Waals surface area contributed by atoms with Crippen molar-refractivity contribution in [2.45, 2.75) is 25.0 Å². The van der Waals surface area contributed by atoms with Crippen LogP contribution in [-0.4, -0.2) is 45.9 Å². The molecule has 7 heteroatoms. The van der Waals surface area contributed by atoms with E-state index in [1.54, 1.807) is 19.1 Å². The molecule has 2 aromatic carbocycles. The molecule has 29 heavy (non-hydrogen) atoms. The Bertz CT molecular complexity index is 1000. The van der Waals surface area contributed by atoms with E-state index in [4.69, 9.17) is 9.26 Å². The van der Waals surface area contributed by atoms with E-state index in [9.17, 15) is 14.3 Å². The predicted octanol–water partition coefficient (Wildman–Crippen LogP) is 3.53. The van der Waals surface area contributed by atoms with E-state index >= 15 is 0 Å². The molecule has 1 aliphatic heterocycles. The summed E-state index contributed by atoms with van der Waals surface area (Å²) < 4.78 is 24.5. The number of amides is 1. The van der Waals surface area contributed by atoms with Gasteiger partial charge in [0, 0.05) is 24.6 Å². The van der Waals surface area contributed by atoms with Crippen LogP contribution in [0.1, 0.15) is 23.9 Å². The SMILES string of the molecule is C[C@]1(O)CN(C(=O)c2cc(-c3cccc(F)c3)no2)CC[C@@H]1Oc1ccccc1. The molecule has 1 saturated heterocycles. The zero-order valence-electron chi connectivity index (χ0n) is 15.9. The smallest absolute Gasteiger partial charge is 0.292 e. The van der Waals surface area contributed by atoms with Crippen LogP contribution in [0.15, 0.2) is 65.2 Å². The summed E-state index contributed by atoms with van der Waals surface area (Å²) in [4.78, 5) is 14.3. The number of hydrogen-bond donors (Lipinski definition) is 1. The van der Waals surface area contributed by atoms with Crippen molar-refractivity contribution in [1.82, 2.24) is 10.1 Å². The van der Waals surface area contributed by atoms with Crippen molar-refractivity contribution in [2.24, 2.45) is 0 Å². The van der Waals surface area contributed by atoms with Crippen molar-refractivity contribution >= 4 is 5.91 Å². The molecule has 2 atom stereocenters. The molecular weight excluding hydrogens is 375 g/mol. The first-order valence-corrected chi connectivity index (χ1v) is 9.38. The second-order valence-corrected chi connectivity index (χ2v) is 7.38. The number of likely N-dealkylation sites (tertiary alicyclic amines) is 1. The summed E-state index contributed by atoms with van der Waals surface area (Å²) in [6, 6.07) is 16.7. The molecule has 3 aromatic rings. The van der Waals surface area contributed by atoms with Gasteiger partial charge in [0.15, 0.2) is 0 Å². The van der Waals surface area contributed by atoms with Crippen LogP contribution in [0.5, 0.6) is 5.75 Å². The average molecular weight is 396 g/mol. The van der Waals surface area contributed by atoms with Crippen LogP contribution >= 0.6 is 0 Å². The van der Waals surface area contributed by atoms with E-state index in [2.05, 4.69) is 5.16 Å². The highest BCUT2D eigenvalue weighted by molar-refractivity contribution is 5.92. The molecule has 1 amide bonds. The molecule has 0 radical (unpaired) electrons. The van der Waals surface area contributed by atoms with Crippen LogP contribution in [0.25, 0.3) is 11.3 Å². The summed E-state index contributed by atoms with van der Waals surface area (Å²) in [5, 5.41) is 14.7. The number of aliphatic hydroxyl groups is 1. The van der Waals surface area contributed by atoms with Gasteiger partial charge in [-0.1, -0.05) is 35.5 Å². The summed E-state index contributed by atoms with van der Waals surface area (Å²) >= 11 is 0. The number of carbonyl (C=O) groups excluding carboxylic acids is 1. The molecule has 150 valence electrons. The van der Waals surface area contributed by atoms with E-state index in [0.29, 0.717) is 30.0 Å². The number of benzene rings is 2. The van der Waals surface area contributed by atoms with Crippen LogP contribution in [0.3, 0.4) is 0 Å². The van der Waals surface area contributed by atoms with Gasteiger partial charge in [0.25, 0.3) is 5.91 Å². The number of carbonyl (C=O) groups is 1. The number of halogens is 1. The van der Waals surface area contributed by atoms with E-state index in [1.165, 1.54) is 23.1 Å². The zero-order valence-corrected chi connectivity index (χ0v) is 15.9. The summed E-state index contributed by atoms with van der Waals surface area (Å²) in [7, 11) is 0. The molecular formula is C22H21FN2O4. The first-order valence-electron chi connectivity index (χ1n) is 9.38. The maximum Gasteiger partial charge on any atom is 0.292 e. The molecule has 1 fully saturated rings. The van der Waals surface area contributed by atoms with Gasteiger partial charge in [0.05, 0.1) is 6.54 Å². The van der Waals surface area contributed by atoms with Crippen LogP contribution in [0, 0.1) is 5.82 Å². The van der Waals surface area contributed by atoms with Crippen molar-refractivity contribution in [3.8, 4) is 17.0 Å². The van der Waals surface area contributed by atoms with Crippen LogP contribution in [0.2, 0.25) is 0 Å². The van der Waals surface area contributed by atoms with Gasteiger partial charge in [0.2, 0.25) is 5.76 Å². The fraction of sp³-hybridized carbons (Fsp3) is 0.273. The molecule has 4 rings (SSSR count). The van der Waals surface area contributed by atoms with Crippen molar-refractivity contribution in [2.75, 3.05) is 13.1 Å². The molecule has 0 saturated carbocycles. The topological polar surface area (TPSA) is 75.8 Å². The second kappa shape index (κ2) is 7.67. The minimum Gasteiger partial charge on any atom is -0.487 e. The lowest BCUT2D eigenvalue weighted by molar-refractivity contribution is -0.0903. The third-order valence-corrected chi connectivity index (χ3v) is 5.02. The van der Waals surface area contributed by atoms with Gasteiger partial charge in [-0.25, -0.2) is 4.39 Å². The lowest BCUT2D eigenvalue weighted by Crippen LogP contribution is -2.58. The van der Waals surface area contributed by atoms with Crippen molar-refractivity contribution in [3.63, 3.8) is 0 Å². The zero-order chi connectivity index (χ0) is 20.4. The molecule has 0 spiro atoms. The fourth-order valence-corrected chi connectivity index (χ4v) is 3.49.